The van der Waals surface area contributed by atoms with E-state index in [4.69, 9.17) is 29.1 Å². The van der Waals surface area contributed by atoms with Crippen LogP contribution in [0.4, 0.5) is 0 Å². The van der Waals surface area contributed by atoms with Crippen molar-refractivity contribution in [2.75, 3.05) is 20.8 Å². The number of fused-ring (bicyclic) bond motifs is 1. The van der Waals surface area contributed by atoms with Gasteiger partial charge in [0.15, 0.2) is 11.5 Å². The average Bonchev–Trinajstić information content (AvgIpc) is 3.62. The number of methoxy groups -OCH3 is 2. The van der Waals surface area contributed by atoms with Crippen LogP contribution in [0.1, 0.15) is 25.5 Å². The van der Waals surface area contributed by atoms with E-state index in [9.17, 15) is 8.42 Å². The molecular weight excluding hydrogens is 500 g/mol. The number of ether oxygens (including phenoxy) is 4. The number of benzene rings is 1. The van der Waals surface area contributed by atoms with Crippen molar-refractivity contribution in [1.29, 1.82) is 0 Å². The van der Waals surface area contributed by atoms with E-state index in [0.29, 0.717) is 41.2 Å². The molecule has 0 atom stereocenters. The first-order valence-corrected chi connectivity index (χ1v) is 13.3. The largest absolute Gasteiger partial charge is 0.494 e. The summed E-state index contributed by atoms with van der Waals surface area (Å²) in [6, 6.07) is 10.6. The van der Waals surface area contributed by atoms with Crippen molar-refractivity contribution < 1.29 is 27.4 Å². The molecular formula is C24H26N6O6S. The first-order valence-electron chi connectivity index (χ1n) is 11.6. The number of pyridine rings is 1. The van der Waals surface area contributed by atoms with Crippen molar-refractivity contribution >= 4 is 21.3 Å². The van der Waals surface area contributed by atoms with Gasteiger partial charge in [-0.15, -0.1) is 0 Å². The van der Waals surface area contributed by atoms with Crippen molar-refractivity contribution in [3.05, 3.63) is 42.1 Å². The quantitative estimate of drug-likeness (QED) is 0.326. The number of para-hydroxylation sites is 1. The fourth-order valence-electron chi connectivity index (χ4n) is 3.84. The lowest BCUT2D eigenvalue weighted by Crippen LogP contribution is -2.17. The smallest absolute Gasteiger partial charge is 0.239 e. The molecule has 3 aromatic heterocycles. The molecule has 13 heteroatoms. The van der Waals surface area contributed by atoms with Gasteiger partial charge in [0.2, 0.25) is 27.4 Å². The van der Waals surface area contributed by atoms with Gasteiger partial charge in [-0.3, -0.25) is 4.57 Å². The molecule has 1 aromatic carbocycles. The molecule has 194 valence electrons. The molecule has 1 aliphatic rings. The predicted octanol–water partition coefficient (Wildman–Crippen LogP) is 2.62. The molecule has 0 amide bonds. The van der Waals surface area contributed by atoms with Crippen LogP contribution in [-0.2, 0) is 15.8 Å². The maximum absolute atomic E-state index is 12.0. The van der Waals surface area contributed by atoms with E-state index in [1.165, 1.54) is 14.2 Å². The standard InChI is InChI=1S/C24H26N6O6S/c1-4-35-19-10-5-7-15(26-19)22-28-21-23(30(22)20-17(33-2)8-6-9-18(20)34-3)27-16(13-37(25,31)32)24(29-21)36-14-11-12-14/h5-10,14H,4,11-13H2,1-3H3,(H2,25,31,32). The summed E-state index contributed by atoms with van der Waals surface area (Å²) in [6.45, 7) is 2.31. The van der Waals surface area contributed by atoms with E-state index in [1.807, 2.05) is 6.92 Å². The van der Waals surface area contributed by atoms with E-state index < -0.39 is 15.8 Å². The van der Waals surface area contributed by atoms with Crippen LogP contribution in [0.15, 0.2) is 36.4 Å². The maximum Gasteiger partial charge on any atom is 0.239 e. The summed E-state index contributed by atoms with van der Waals surface area (Å²) in [5.41, 5.74) is 1.51. The molecule has 1 saturated carbocycles. The number of aromatic nitrogens is 5. The van der Waals surface area contributed by atoms with Crippen molar-refractivity contribution in [2.24, 2.45) is 5.14 Å². The summed E-state index contributed by atoms with van der Waals surface area (Å²) < 4.78 is 48.5. The highest BCUT2D eigenvalue weighted by atomic mass is 32.2. The fraction of sp³-hybridized carbons (Fsp3) is 0.333. The molecule has 0 saturated heterocycles. The van der Waals surface area contributed by atoms with Crippen LogP contribution in [0.3, 0.4) is 0 Å². The van der Waals surface area contributed by atoms with Crippen molar-refractivity contribution in [3.8, 4) is 40.5 Å². The Morgan fingerprint density at radius 2 is 1.70 bits per heavy atom. The van der Waals surface area contributed by atoms with Gasteiger partial charge >= 0.3 is 0 Å². The molecule has 12 nitrogen and oxygen atoms in total. The Balaban J connectivity index is 1.84. The van der Waals surface area contributed by atoms with E-state index in [2.05, 4.69) is 15.0 Å². The molecule has 0 aliphatic heterocycles. The van der Waals surface area contributed by atoms with Gasteiger partial charge in [-0.2, -0.15) is 4.98 Å². The second-order valence-corrected chi connectivity index (χ2v) is 9.94. The zero-order valence-corrected chi connectivity index (χ0v) is 21.4. The molecule has 5 rings (SSSR count). The third kappa shape index (κ3) is 5.13. The van der Waals surface area contributed by atoms with Crippen LogP contribution in [0.25, 0.3) is 28.5 Å². The Bertz CT molecular complexity index is 1550. The minimum Gasteiger partial charge on any atom is -0.494 e. The second kappa shape index (κ2) is 9.82. The number of hydrogen-bond donors (Lipinski definition) is 1. The third-order valence-corrected chi connectivity index (χ3v) is 6.22. The highest BCUT2D eigenvalue weighted by Crippen LogP contribution is 2.39. The van der Waals surface area contributed by atoms with Crippen molar-refractivity contribution in [3.63, 3.8) is 0 Å². The van der Waals surface area contributed by atoms with Crippen molar-refractivity contribution in [1.82, 2.24) is 24.5 Å². The van der Waals surface area contributed by atoms with Gasteiger partial charge < -0.3 is 18.9 Å². The third-order valence-electron chi connectivity index (χ3n) is 5.54. The number of nitrogens with two attached hydrogens (primary N) is 1. The Morgan fingerprint density at radius 1 is 1.00 bits per heavy atom. The fourth-order valence-corrected chi connectivity index (χ4v) is 4.41. The van der Waals surface area contributed by atoms with Crippen LogP contribution in [0.2, 0.25) is 0 Å². The molecule has 1 aliphatic carbocycles. The lowest BCUT2D eigenvalue weighted by Gasteiger charge is -2.16. The van der Waals surface area contributed by atoms with Crippen molar-refractivity contribution in [2.45, 2.75) is 31.6 Å². The van der Waals surface area contributed by atoms with Gasteiger partial charge in [-0.1, -0.05) is 12.1 Å². The first kappa shape index (κ1) is 24.7. The summed E-state index contributed by atoms with van der Waals surface area (Å²) in [5, 5.41) is 5.37. The van der Waals surface area contributed by atoms with Crippen LogP contribution in [-0.4, -0.2) is 59.9 Å². The van der Waals surface area contributed by atoms with Gasteiger partial charge in [0, 0.05) is 6.07 Å². The molecule has 0 spiro atoms. The number of rotatable bonds is 10. The summed E-state index contributed by atoms with van der Waals surface area (Å²) in [7, 11) is -0.870. The highest BCUT2D eigenvalue weighted by Gasteiger charge is 2.30. The van der Waals surface area contributed by atoms with Crippen LogP contribution >= 0.6 is 0 Å². The Kier molecular flexibility index (Phi) is 6.56. The molecule has 3 heterocycles. The number of nitrogens with zero attached hydrogens (tertiary/aromatic N) is 5. The van der Waals surface area contributed by atoms with Gasteiger partial charge in [0.25, 0.3) is 0 Å². The Labute approximate surface area is 213 Å². The normalized spacial score (nSPS) is 13.5. The van der Waals surface area contributed by atoms with Crippen LogP contribution < -0.4 is 24.1 Å². The number of imidazole rings is 1. The molecule has 1 fully saturated rings. The number of primary sulfonamides is 1. The van der Waals surface area contributed by atoms with Crippen LogP contribution in [0, 0.1) is 0 Å². The van der Waals surface area contributed by atoms with E-state index >= 15 is 0 Å². The van der Waals surface area contributed by atoms with Gasteiger partial charge in [0.1, 0.15) is 40.4 Å². The van der Waals surface area contributed by atoms with Crippen LogP contribution in [0.5, 0.6) is 23.3 Å². The van der Waals surface area contributed by atoms with Gasteiger partial charge in [0.05, 0.1) is 20.8 Å². The van der Waals surface area contributed by atoms with E-state index in [0.717, 1.165) is 12.8 Å². The summed E-state index contributed by atoms with van der Waals surface area (Å²) in [4.78, 5) is 18.6. The molecule has 4 aromatic rings. The minimum absolute atomic E-state index is 0.0496. The monoisotopic (exact) mass is 526 g/mol. The molecule has 0 radical (unpaired) electrons. The second-order valence-electron chi connectivity index (χ2n) is 8.32. The first-order chi connectivity index (χ1) is 17.8. The summed E-state index contributed by atoms with van der Waals surface area (Å²) >= 11 is 0. The lowest BCUT2D eigenvalue weighted by atomic mass is 10.2. The Morgan fingerprint density at radius 3 is 2.32 bits per heavy atom. The number of hydrogen-bond acceptors (Lipinski definition) is 10. The van der Waals surface area contributed by atoms with Gasteiger partial charge in [-0.05, 0) is 38.0 Å². The Hall–Kier alpha value is -3.97. The highest BCUT2D eigenvalue weighted by molar-refractivity contribution is 7.88. The molecule has 2 N–H and O–H groups in total. The zero-order chi connectivity index (χ0) is 26.2. The minimum atomic E-state index is -3.93. The SMILES string of the molecule is CCOc1cccc(-c2nc3nc(OC4CC4)c(CS(N)(=O)=O)nc3n2-c2c(OC)cccc2OC)n1. The van der Waals surface area contributed by atoms with E-state index in [-0.39, 0.29) is 29.0 Å². The predicted molar refractivity (Wildman–Crippen MR) is 135 cm³/mol. The summed E-state index contributed by atoms with van der Waals surface area (Å²) in [5.74, 6) is 1.24. The topological polar surface area (TPSA) is 154 Å². The average molecular weight is 527 g/mol. The zero-order valence-electron chi connectivity index (χ0n) is 20.5. The molecule has 0 bridgehead atoms. The lowest BCUT2D eigenvalue weighted by molar-refractivity contribution is 0.288. The molecule has 37 heavy (non-hydrogen) atoms. The molecule has 0 unspecified atom stereocenters. The maximum atomic E-state index is 12.0. The van der Waals surface area contributed by atoms with E-state index in [1.54, 1.807) is 41.0 Å². The van der Waals surface area contributed by atoms with Gasteiger partial charge in [-0.25, -0.2) is 28.5 Å². The summed E-state index contributed by atoms with van der Waals surface area (Å²) in [6.07, 6.45) is 1.65. The number of sulfonamides is 1.